The molecule has 0 N–H and O–H groups in total. The monoisotopic (exact) mass is 306 g/mol. The highest BCUT2D eigenvalue weighted by Crippen LogP contribution is 2.23. The lowest BCUT2D eigenvalue weighted by atomic mass is 10.1. The number of carbonyl (C=O) groups is 1. The standard InChI is InChI=1S/C16H19ClO2Si/c1-5-19-16(18)12-13(10-11-20(2,3)4)14-8-6-7-9-15(14)17/h6-9,12H,5H2,1-4H3. The number of hydrogen-bond acceptors (Lipinski definition) is 2. The van der Waals surface area contributed by atoms with Gasteiger partial charge in [0.25, 0.3) is 0 Å². The van der Waals surface area contributed by atoms with Crippen LogP contribution in [-0.4, -0.2) is 20.7 Å². The number of allylic oxidation sites excluding steroid dienone is 1. The van der Waals surface area contributed by atoms with Crippen molar-refractivity contribution in [1.29, 1.82) is 0 Å². The molecule has 0 aliphatic heterocycles. The predicted molar refractivity (Wildman–Crippen MR) is 87.2 cm³/mol. The zero-order chi connectivity index (χ0) is 15.2. The molecule has 4 heteroatoms. The first-order valence-electron chi connectivity index (χ1n) is 6.50. The minimum absolute atomic E-state index is 0.340. The maximum Gasteiger partial charge on any atom is 0.332 e. The van der Waals surface area contributed by atoms with Crippen LogP contribution >= 0.6 is 11.6 Å². The van der Waals surface area contributed by atoms with Gasteiger partial charge in [-0.3, -0.25) is 0 Å². The smallest absolute Gasteiger partial charge is 0.332 e. The van der Waals surface area contributed by atoms with Crippen LogP contribution in [0.3, 0.4) is 0 Å². The van der Waals surface area contributed by atoms with E-state index in [1.807, 2.05) is 18.2 Å². The number of ether oxygens (including phenoxy) is 1. The first-order valence-corrected chi connectivity index (χ1v) is 10.4. The second-order valence-electron chi connectivity index (χ2n) is 5.29. The second kappa shape index (κ2) is 7.32. The summed E-state index contributed by atoms with van der Waals surface area (Å²) in [6, 6.07) is 7.36. The van der Waals surface area contributed by atoms with Crippen LogP contribution in [0.2, 0.25) is 24.7 Å². The van der Waals surface area contributed by atoms with E-state index in [9.17, 15) is 4.79 Å². The molecule has 0 unspecified atom stereocenters. The summed E-state index contributed by atoms with van der Waals surface area (Å²) in [5.41, 5.74) is 4.61. The van der Waals surface area contributed by atoms with E-state index in [1.165, 1.54) is 6.08 Å². The molecule has 20 heavy (non-hydrogen) atoms. The topological polar surface area (TPSA) is 26.3 Å². The van der Waals surface area contributed by atoms with Crippen LogP contribution in [0, 0.1) is 11.5 Å². The van der Waals surface area contributed by atoms with Crippen LogP contribution in [0.1, 0.15) is 12.5 Å². The Hall–Kier alpha value is -1.50. The van der Waals surface area contributed by atoms with Crippen molar-refractivity contribution >= 4 is 31.2 Å². The highest BCUT2D eigenvalue weighted by molar-refractivity contribution is 6.84. The lowest BCUT2D eigenvalue weighted by molar-refractivity contribution is -0.137. The minimum atomic E-state index is -1.54. The summed E-state index contributed by atoms with van der Waals surface area (Å²) < 4.78 is 4.95. The Labute approximate surface area is 126 Å². The van der Waals surface area contributed by atoms with Gasteiger partial charge in [-0.15, -0.1) is 5.54 Å². The molecule has 0 amide bonds. The van der Waals surface area contributed by atoms with Crippen LogP contribution in [0.25, 0.3) is 5.57 Å². The van der Waals surface area contributed by atoms with E-state index < -0.39 is 14.0 Å². The molecule has 0 aliphatic rings. The Balaban J connectivity index is 3.24. The quantitative estimate of drug-likeness (QED) is 0.363. The number of rotatable bonds is 3. The van der Waals surface area contributed by atoms with Gasteiger partial charge in [0.2, 0.25) is 0 Å². The van der Waals surface area contributed by atoms with Gasteiger partial charge in [-0.05, 0) is 13.0 Å². The van der Waals surface area contributed by atoms with Crippen molar-refractivity contribution < 1.29 is 9.53 Å². The molecule has 2 nitrogen and oxygen atoms in total. The van der Waals surface area contributed by atoms with E-state index in [0.29, 0.717) is 17.2 Å². The molecule has 0 aromatic heterocycles. The molecular weight excluding hydrogens is 288 g/mol. The third kappa shape index (κ3) is 5.64. The Kier molecular flexibility index (Phi) is 6.06. The van der Waals surface area contributed by atoms with Crippen LogP contribution in [0.15, 0.2) is 30.3 Å². The Morgan fingerprint density at radius 3 is 2.55 bits per heavy atom. The van der Waals surface area contributed by atoms with Gasteiger partial charge in [0.1, 0.15) is 8.07 Å². The van der Waals surface area contributed by atoms with Crippen molar-refractivity contribution in [2.75, 3.05) is 6.61 Å². The van der Waals surface area contributed by atoms with Gasteiger partial charge in [-0.25, -0.2) is 4.79 Å². The third-order valence-electron chi connectivity index (χ3n) is 2.28. The van der Waals surface area contributed by atoms with Gasteiger partial charge in [-0.2, -0.15) is 0 Å². The molecule has 1 aromatic carbocycles. The van der Waals surface area contributed by atoms with Crippen LogP contribution < -0.4 is 0 Å². The van der Waals surface area contributed by atoms with Crippen molar-refractivity contribution in [2.24, 2.45) is 0 Å². The Morgan fingerprint density at radius 2 is 2.00 bits per heavy atom. The largest absolute Gasteiger partial charge is 0.463 e. The van der Waals surface area contributed by atoms with E-state index in [0.717, 1.165) is 5.56 Å². The molecule has 0 saturated carbocycles. The average Bonchev–Trinajstić information content (AvgIpc) is 2.34. The molecule has 1 rings (SSSR count). The summed E-state index contributed by atoms with van der Waals surface area (Å²) in [5.74, 6) is 2.70. The predicted octanol–water partition coefficient (Wildman–Crippen LogP) is 4.17. The summed E-state index contributed by atoms with van der Waals surface area (Å²) in [5, 5.41) is 0.577. The molecule has 0 bridgehead atoms. The van der Waals surface area contributed by atoms with Gasteiger partial charge < -0.3 is 4.74 Å². The van der Waals surface area contributed by atoms with E-state index in [2.05, 4.69) is 31.1 Å². The highest BCUT2D eigenvalue weighted by Gasteiger charge is 2.10. The fraction of sp³-hybridized carbons (Fsp3) is 0.312. The SMILES string of the molecule is CCOC(=O)C=C(C#C[Si](C)(C)C)c1ccccc1Cl. The normalized spacial score (nSPS) is 11.6. The fourth-order valence-corrected chi connectivity index (χ4v) is 2.16. The molecular formula is C16H19ClO2Si. The summed E-state index contributed by atoms with van der Waals surface area (Å²) in [6.45, 7) is 8.55. The zero-order valence-corrected chi connectivity index (χ0v) is 14.0. The minimum Gasteiger partial charge on any atom is -0.463 e. The van der Waals surface area contributed by atoms with Crippen LogP contribution in [-0.2, 0) is 9.53 Å². The number of benzene rings is 1. The fourth-order valence-electron chi connectivity index (χ4n) is 1.42. The summed E-state index contributed by atoms with van der Waals surface area (Å²) in [7, 11) is -1.54. The third-order valence-corrected chi connectivity index (χ3v) is 3.49. The first kappa shape index (κ1) is 16.6. The molecule has 0 saturated heterocycles. The van der Waals surface area contributed by atoms with E-state index in [-0.39, 0.29) is 0 Å². The number of carbonyl (C=O) groups excluding carboxylic acids is 1. The summed E-state index contributed by atoms with van der Waals surface area (Å²) in [4.78, 5) is 11.7. The molecule has 0 atom stereocenters. The summed E-state index contributed by atoms with van der Waals surface area (Å²) >= 11 is 6.18. The Bertz CT molecular complexity index is 574. The van der Waals surface area contributed by atoms with Gasteiger partial charge in [0.05, 0.1) is 6.61 Å². The number of halogens is 1. The van der Waals surface area contributed by atoms with Crippen molar-refractivity contribution in [1.82, 2.24) is 0 Å². The van der Waals surface area contributed by atoms with Crippen molar-refractivity contribution in [3.8, 4) is 11.5 Å². The lowest BCUT2D eigenvalue weighted by Crippen LogP contribution is -2.16. The lowest BCUT2D eigenvalue weighted by Gasteiger charge is -2.07. The van der Waals surface area contributed by atoms with Crippen LogP contribution in [0.4, 0.5) is 0 Å². The van der Waals surface area contributed by atoms with Gasteiger partial charge in [-0.1, -0.05) is 55.4 Å². The molecule has 1 aromatic rings. The van der Waals surface area contributed by atoms with E-state index in [1.54, 1.807) is 13.0 Å². The van der Waals surface area contributed by atoms with Crippen molar-refractivity contribution in [3.05, 3.63) is 40.9 Å². The molecule has 0 spiro atoms. The van der Waals surface area contributed by atoms with Gasteiger partial charge in [0, 0.05) is 22.2 Å². The second-order valence-corrected chi connectivity index (χ2v) is 10.4. The van der Waals surface area contributed by atoms with Crippen LogP contribution in [0.5, 0.6) is 0 Å². The molecule has 106 valence electrons. The van der Waals surface area contributed by atoms with Gasteiger partial charge >= 0.3 is 5.97 Å². The first-order chi connectivity index (χ1) is 9.33. The number of esters is 1. The van der Waals surface area contributed by atoms with Gasteiger partial charge in [0.15, 0.2) is 0 Å². The maximum absolute atomic E-state index is 11.7. The van der Waals surface area contributed by atoms with Crippen molar-refractivity contribution in [2.45, 2.75) is 26.6 Å². The molecule has 0 aliphatic carbocycles. The van der Waals surface area contributed by atoms with E-state index >= 15 is 0 Å². The Morgan fingerprint density at radius 1 is 1.35 bits per heavy atom. The molecule has 0 fully saturated rings. The van der Waals surface area contributed by atoms with E-state index in [4.69, 9.17) is 16.3 Å². The average molecular weight is 307 g/mol. The molecule has 0 radical (unpaired) electrons. The summed E-state index contributed by atoms with van der Waals surface area (Å²) in [6.07, 6.45) is 1.41. The zero-order valence-electron chi connectivity index (χ0n) is 12.3. The molecule has 0 heterocycles. The van der Waals surface area contributed by atoms with Crippen molar-refractivity contribution in [3.63, 3.8) is 0 Å². The number of hydrogen-bond donors (Lipinski definition) is 0. The highest BCUT2D eigenvalue weighted by atomic mass is 35.5. The maximum atomic E-state index is 11.7.